The van der Waals surface area contributed by atoms with E-state index >= 15 is 0 Å². The maximum Gasteiger partial charge on any atom is 0.233 e. The minimum Gasteiger partial charge on any atom is -0.341 e. The van der Waals surface area contributed by atoms with Crippen molar-refractivity contribution in [3.63, 3.8) is 0 Å². The van der Waals surface area contributed by atoms with Crippen molar-refractivity contribution in [3.8, 4) is 5.69 Å². The lowest BCUT2D eigenvalue weighted by atomic mass is 10.1. The Bertz CT molecular complexity index is 987. The van der Waals surface area contributed by atoms with Gasteiger partial charge in [0.1, 0.15) is 11.0 Å². The Kier molecular flexibility index (Phi) is 6.36. The molecule has 0 fully saturated rings. The largest absolute Gasteiger partial charge is 0.341 e. The standard InChI is InChI=1S/C20H22ClN5OS/c1-13-5-6-14(2)17(9-13)26-15(3)23-24-20(26)28-12-19(27)25(4)11-16-7-8-18(21)22-10-16/h5-10H,11-12H2,1-4H3. The molecule has 28 heavy (non-hydrogen) atoms. The molecule has 0 saturated carbocycles. The second-order valence-electron chi connectivity index (χ2n) is 6.68. The summed E-state index contributed by atoms with van der Waals surface area (Å²) < 4.78 is 2.00. The number of carbonyl (C=O) groups excluding carboxylic acids is 1. The van der Waals surface area contributed by atoms with E-state index in [1.807, 2.05) is 17.6 Å². The smallest absolute Gasteiger partial charge is 0.233 e. The number of benzene rings is 1. The summed E-state index contributed by atoms with van der Waals surface area (Å²) in [6.45, 7) is 6.51. The zero-order valence-corrected chi connectivity index (χ0v) is 17.9. The molecule has 0 aliphatic heterocycles. The van der Waals surface area contributed by atoms with E-state index < -0.39 is 0 Å². The highest BCUT2D eigenvalue weighted by molar-refractivity contribution is 7.99. The molecule has 6 nitrogen and oxygen atoms in total. The highest BCUT2D eigenvalue weighted by Gasteiger charge is 2.17. The predicted molar refractivity (Wildman–Crippen MR) is 112 cm³/mol. The van der Waals surface area contributed by atoms with Crippen molar-refractivity contribution in [2.45, 2.75) is 32.5 Å². The third-order valence-corrected chi connectivity index (χ3v) is 5.50. The second-order valence-corrected chi connectivity index (χ2v) is 8.01. The Labute approximate surface area is 173 Å². The number of pyridine rings is 1. The Morgan fingerprint density at radius 1 is 1.18 bits per heavy atom. The molecule has 2 aromatic heterocycles. The Morgan fingerprint density at radius 2 is 1.96 bits per heavy atom. The molecule has 0 aliphatic rings. The SMILES string of the molecule is Cc1ccc(C)c(-n2c(C)nnc2SCC(=O)N(C)Cc2ccc(Cl)nc2)c1. The van der Waals surface area contributed by atoms with Crippen LogP contribution in [-0.4, -0.2) is 43.4 Å². The fourth-order valence-electron chi connectivity index (χ4n) is 2.77. The molecule has 0 radical (unpaired) electrons. The summed E-state index contributed by atoms with van der Waals surface area (Å²) in [6.07, 6.45) is 1.68. The van der Waals surface area contributed by atoms with Gasteiger partial charge in [-0.1, -0.05) is 41.6 Å². The first-order valence-electron chi connectivity index (χ1n) is 8.82. The monoisotopic (exact) mass is 415 g/mol. The second kappa shape index (κ2) is 8.75. The number of halogens is 1. The highest BCUT2D eigenvalue weighted by atomic mass is 35.5. The third-order valence-electron chi connectivity index (χ3n) is 4.36. The van der Waals surface area contributed by atoms with Gasteiger partial charge in [0.2, 0.25) is 5.91 Å². The zero-order valence-electron chi connectivity index (χ0n) is 16.3. The number of hydrogen-bond donors (Lipinski definition) is 0. The summed E-state index contributed by atoms with van der Waals surface area (Å²) in [6, 6.07) is 9.86. The molecule has 0 atom stereocenters. The third kappa shape index (κ3) is 4.72. The van der Waals surface area contributed by atoms with Crippen LogP contribution in [0.3, 0.4) is 0 Å². The minimum absolute atomic E-state index is 0.00752. The number of nitrogens with zero attached hydrogens (tertiary/aromatic N) is 5. The van der Waals surface area contributed by atoms with E-state index in [4.69, 9.17) is 11.6 Å². The van der Waals surface area contributed by atoms with Crippen LogP contribution in [0.25, 0.3) is 5.69 Å². The van der Waals surface area contributed by atoms with Crippen LogP contribution in [0.2, 0.25) is 5.15 Å². The molecule has 1 aromatic carbocycles. The topological polar surface area (TPSA) is 63.9 Å². The van der Waals surface area contributed by atoms with Crippen LogP contribution in [0.4, 0.5) is 0 Å². The van der Waals surface area contributed by atoms with Crippen molar-refractivity contribution >= 4 is 29.3 Å². The summed E-state index contributed by atoms with van der Waals surface area (Å²) in [5.74, 6) is 1.08. The summed E-state index contributed by atoms with van der Waals surface area (Å²) >= 11 is 7.19. The number of rotatable bonds is 6. The van der Waals surface area contributed by atoms with Crippen molar-refractivity contribution in [2.24, 2.45) is 0 Å². The van der Waals surface area contributed by atoms with Gasteiger partial charge in [-0.2, -0.15) is 0 Å². The summed E-state index contributed by atoms with van der Waals surface area (Å²) in [7, 11) is 1.78. The van der Waals surface area contributed by atoms with Crippen molar-refractivity contribution in [2.75, 3.05) is 12.8 Å². The molecule has 0 aliphatic carbocycles. The first kappa shape index (κ1) is 20.4. The normalized spacial score (nSPS) is 10.9. The molecule has 0 unspecified atom stereocenters. The quantitative estimate of drug-likeness (QED) is 0.450. The molecule has 0 saturated heterocycles. The Balaban J connectivity index is 1.70. The molecular formula is C20H22ClN5OS. The fourth-order valence-corrected chi connectivity index (χ4v) is 3.82. The number of carbonyl (C=O) groups is 1. The maximum absolute atomic E-state index is 12.6. The van der Waals surface area contributed by atoms with Gasteiger partial charge in [-0.25, -0.2) is 4.98 Å². The molecule has 1 amide bonds. The Morgan fingerprint density at radius 3 is 2.68 bits per heavy atom. The van der Waals surface area contributed by atoms with Crippen molar-refractivity contribution < 1.29 is 4.79 Å². The summed E-state index contributed by atoms with van der Waals surface area (Å²) in [4.78, 5) is 18.3. The van der Waals surface area contributed by atoms with Gasteiger partial charge >= 0.3 is 0 Å². The predicted octanol–water partition coefficient (Wildman–Crippen LogP) is 3.99. The van der Waals surface area contributed by atoms with Gasteiger partial charge in [-0.15, -0.1) is 10.2 Å². The summed E-state index contributed by atoms with van der Waals surface area (Å²) in [5, 5.41) is 9.63. The van der Waals surface area contributed by atoms with Gasteiger partial charge in [0.05, 0.1) is 11.4 Å². The molecule has 8 heteroatoms. The first-order valence-corrected chi connectivity index (χ1v) is 10.2. The van der Waals surface area contributed by atoms with Crippen LogP contribution >= 0.6 is 23.4 Å². The molecule has 0 spiro atoms. The molecule has 0 bridgehead atoms. The first-order chi connectivity index (χ1) is 13.3. The molecule has 146 valence electrons. The van der Waals surface area contributed by atoms with Crippen LogP contribution < -0.4 is 0 Å². The van der Waals surface area contributed by atoms with E-state index in [-0.39, 0.29) is 11.7 Å². The van der Waals surface area contributed by atoms with E-state index in [9.17, 15) is 4.79 Å². The van der Waals surface area contributed by atoms with E-state index in [1.165, 1.54) is 11.8 Å². The van der Waals surface area contributed by atoms with Crippen LogP contribution in [0.5, 0.6) is 0 Å². The lowest BCUT2D eigenvalue weighted by molar-refractivity contribution is -0.127. The number of hydrogen-bond acceptors (Lipinski definition) is 5. The maximum atomic E-state index is 12.6. The average molecular weight is 416 g/mol. The van der Waals surface area contributed by atoms with E-state index in [2.05, 4.69) is 47.2 Å². The molecule has 3 rings (SSSR count). The van der Waals surface area contributed by atoms with Crippen molar-refractivity contribution in [1.29, 1.82) is 0 Å². The average Bonchev–Trinajstić information content (AvgIpc) is 3.04. The number of aromatic nitrogens is 4. The lowest BCUT2D eigenvalue weighted by Crippen LogP contribution is -2.28. The van der Waals surface area contributed by atoms with Gasteiger partial charge in [-0.05, 0) is 49.6 Å². The van der Waals surface area contributed by atoms with E-state index in [0.717, 1.165) is 28.2 Å². The van der Waals surface area contributed by atoms with Crippen LogP contribution in [0.15, 0.2) is 41.7 Å². The van der Waals surface area contributed by atoms with Crippen molar-refractivity contribution in [1.82, 2.24) is 24.6 Å². The van der Waals surface area contributed by atoms with E-state index in [0.29, 0.717) is 16.9 Å². The summed E-state index contributed by atoms with van der Waals surface area (Å²) in [5.41, 5.74) is 4.27. The van der Waals surface area contributed by atoms with Gasteiger partial charge in [0.15, 0.2) is 5.16 Å². The molecular weight excluding hydrogens is 394 g/mol. The number of aryl methyl sites for hydroxylation is 3. The Hall–Kier alpha value is -2.38. The van der Waals surface area contributed by atoms with Gasteiger partial charge in [0.25, 0.3) is 0 Å². The van der Waals surface area contributed by atoms with Crippen LogP contribution in [0, 0.1) is 20.8 Å². The number of thioether (sulfide) groups is 1. The van der Waals surface area contributed by atoms with Crippen molar-refractivity contribution in [3.05, 3.63) is 64.2 Å². The highest BCUT2D eigenvalue weighted by Crippen LogP contribution is 2.25. The van der Waals surface area contributed by atoms with Crippen LogP contribution in [-0.2, 0) is 11.3 Å². The molecule has 3 aromatic rings. The fraction of sp³-hybridized carbons (Fsp3) is 0.300. The van der Waals surface area contributed by atoms with Gasteiger partial charge in [-0.3, -0.25) is 9.36 Å². The zero-order chi connectivity index (χ0) is 20.3. The number of amides is 1. The van der Waals surface area contributed by atoms with E-state index in [1.54, 1.807) is 24.2 Å². The van der Waals surface area contributed by atoms with Gasteiger partial charge in [0, 0.05) is 19.8 Å². The van der Waals surface area contributed by atoms with Gasteiger partial charge < -0.3 is 4.90 Å². The molecule has 0 N–H and O–H groups in total. The lowest BCUT2D eigenvalue weighted by Gasteiger charge is -2.17. The van der Waals surface area contributed by atoms with Crippen LogP contribution in [0.1, 0.15) is 22.5 Å². The minimum atomic E-state index is 0.00752. The molecule has 2 heterocycles.